The van der Waals surface area contributed by atoms with Gasteiger partial charge < -0.3 is 4.43 Å². The van der Waals surface area contributed by atoms with Crippen molar-refractivity contribution in [3.63, 3.8) is 0 Å². The summed E-state index contributed by atoms with van der Waals surface area (Å²) in [6, 6.07) is 5.31. The third-order valence-electron chi connectivity index (χ3n) is 4.96. The topological polar surface area (TPSA) is 100.0 Å². The van der Waals surface area contributed by atoms with E-state index in [0.29, 0.717) is 18.8 Å². The first kappa shape index (κ1) is 24.8. The van der Waals surface area contributed by atoms with E-state index in [0.717, 1.165) is 12.1 Å². The average molecular weight is 426 g/mol. The summed E-state index contributed by atoms with van der Waals surface area (Å²) in [5, 5.41) is 3.71. The van der Waals surface area contributed by atoms with Crippen molar-refractivity contribution in [3.05, 3.63) is 34.3 Å². The van der Waals surface area contributed by atoms with Gasteiger partial charge in [0.05, 0.1) is 15.7 Å². The number of aromatic nitrogens is 1. The van der Waals surface area contributed by atoms with Gasteiger partial charge in [-0.1, -0.05) is 26.8 Å². The predicted octanol–water partition coefficient (Wildman–Crippen LogP) is 5.40. The standard InChI is InChI=1S/C19H35N5O2SSi/c1-18(2,3)27(25)23-16(12-13-26-28(7,8)19(4,5)6)14-15-10-9-11-17(21-15)22-24-20/h9-11,16,23H,12-14H2,1-8H3/t16-,27+/m0/s1. The van der Waals surface area contributed by atoms with Crippen molar-refractivity contribution in [2.45, 2.75) is 83.3 Å². The summed E-state index contributed by atoms with van der Waals surface area (Å²) >= 11 is 0. The second kappa shape index (κ2) is 9.98. The van der Waals surface area contributed by atoms with Crippen LogP contribution >= 0.6 is 0 Å². The Kier molecular flexibility index (Phi) is 8.83. The SMILES string of the molecule is CC(C)(C)[S@@](=O)N[C@@H](CCO[Si](C)(C)C(C)(C)C)Cc1cccc(N=[N+]=[N-])n1. The molecule has 0 radical (unpaired) electrons. The van der Waals surface area contributed by atoms with E-state index in [1.807, 2.05) is 32.9 Å². The summed E-state index contributed by atoms with van der Waals surface area (Å²) in [5.74, 6) is 0.341. The summed E-state index contributed by atoms with van der Waals surface area (Å²) in [5.41, 5.74) is 9.40. The molecule has 9 heteroatoms. The number of nitrogens with one attached hydrogen (secondary N) is 1. The molecule has 0 saturated carbocycles. The Morgan fingerprint density at radius 3 is 2.46 bits per heavy atom. The summed E-state index contributed by atoms with van der Waals surface area (Å²) in [6.45, 7) is 17.5. The van der Waals surface area contributed by atoms with Crippen molar-refractivity contribution < 1.29 is 8.63 Å². The van der Waals surface area contributed by atoms with E-state index in [4.69, 9.17) is 9.96 Å². The van der Waals surface area contributed by atoms with Crippen molar-refractivity contribution in [1.29, 1.82) is 0 Å². The molecular formula is C19H35N5O2SSi. The minimum atomic E-state index is -1.83. The molecule has 0 aliphatic heterocycles. The van der Waals surface area contributed by atoms with Crippen LogP contribution in [0.4, 0.5) is 5.82 Å². The highest BCUT2D eigenvalue weighted by Crippen LogP contribution is 2.36. The van der Waals surface area contributed by atoms with E-state index in [1.165, 1.54) is 0 Å². The zero-order valence-electron chi connectivity index (χ0n) is 18.4. The smallest absolute Gasteiger partial charge is 0.191 e. The van der Waals surface area contributed by atoms with Gasteiger partial charge in [-0.3, -0.25) is 4.98 Å². The fourth-order valence-electron chi connectivity index (χ4n) is 2.14. The third kappa shape index (κ3) is 8.01. The maximum Gasteiger partial charge on any atom is 0.191 e. The number of nitrogens with zero attached hydrogens (tertiary/aromatic N) is 4. The maximum absolute atomic E-state index is 12.6. The van der Waals surface area contributed by atoms with Gasteiger partial charge in [-0.05, 0) is 68.1 Å². The van der Waals surface area contributed by atoms with E-state index in [1.54, 1.807) is 6.07 Å². The highest BCUT2D eigenvalue weighted by molar-refractivity contribution is 7.84. The molecule has 0 unspecified atom stereocenters. The fourth-order valence-corrected chi connectivity index (χ4v) is 4.06. The van der Waals surface area contributed by atoms with E-state index in [-0.39, 0.29) is 15.8 Å². The zero-order valence-corrected chi connectivity index (χ0v) is 20.3. The van der Waals surface area contributed by atoms with E-state index in [9.17, 15) is 4.21 Å². The summed E-state index contributed by atoms with van der Waals surface area (Å²) < 4.78 is 21.8. The molecule has 0 amide bonds. The lowest BCUT2D eigenvalue weighted by Gasteiger charge is -2.36. The fraction of sp³-hybridized carbons (Fsp3) is 0.737. The zero-order chi connectivity index (χ0) is 21.6. The number of hydrogen-bond donors (Lipinski definition) is 1. The van der Waals surface area contributed by atoms with Crippen LogP contribution in [0.3, 0.4) is 0 Å². The Labute approximate surface area is 173 Å². The number of pyridine rings is 1. The van der Waals surface area contributed by atoms with Crippen LogP contribution in [0.25, 0.3) is 10.4 Å². The molecule has 28 heavy (non-hydrogen) atoms. The molecule has 1 heterocycles. The second-order valence-corrected chi connectivity index (χ2v) is 16.3. The van der Waals surface area contributed by atoms with Crippen molar-refractivity contribution in [2.24, 2.45) is 5.11 Å². The predicted molar refractivity (Wildman–Crippen MR) is 119 cm³/mol. The molecule has 0 aliphatic rings. The summed E-state index contributed by atoms with van der Waals surface area (Å²) in [7, 11) is -3.03. The van der Waals surface area contributed by atoms with Crippen LogP contribution in [0.5, 0.6) is 0 Å². The monoisotopic (exact) mass is 425 g/mol. The van der Waals surface area contributed by atoms with Crippen LogP contribution in [-0.2, 0) is 21.8 Å². The van der Waals surface area contributed by atoms with Crippen LogP contribution in [0, 0.1) is 0 Å². The van der Waals surface area contributed by atoms with Crippen LogP contribution in [-0.4, -0.2) is 34.9 Å². The summed E-state index contributed by atoms with van der Waals surface area (Å²) in [6.07, 6.45) is 1.30. The molecule has 0 aliphatic carbocycles. The third-order valence-corrected chi connectivity index (χ3v) is 11.2. The van der Waals surface area contributed by atoms with Crippen LogP contribution in [0.1, 0.15) is 53.7 Å². The molecule has 1 aromatic rings. The minimum absolute atomic E-state index is 0.0568. The molecule has 0 saturated heterocycles. The van der Waals surface area contributed by atoms with E-state index >= 15 is 0 Å². The van der Waals surface area contributed by atoms with Crippen molar-refractivity contribution in [3.8, 4) is 0 Å². The maximum atomic E-state index is 12.6. The van der Waals surface area contributed by atoms with Crippen LogP contribution in [0.2, 0.25) is 18.1 Å². The Balaban J connectivity index is 2.89. The molecule has 158 valence electrons. The summed E-state index contributed by atoms with van der Waals surface area (Å²) in [4.78, 5) is 7.17. The number of rotatable bonds is 9. The van der Waals surface area contributed by atoms with Gasteiger partial charge in [0.25, 0.3) is 0 Å². The molecule has 0 fully saturated rings. The van der Waals surface area contributed by atoms with E-state index < -0.39 is 19.3 Å². The molecule has 0 spiro atoms. The first-order chi connectivity index (χ1) is 12.8. The van der Waals surface area contributed by atoms with Gasteiger partial charge in [-0.2, -0.15) is 0 Å². The average Bonchev–Trinajstić information content (AvgIpc) is 2.53. The second-order valence-electron chi connectivity index (χ2n) is 9.47. The van der Waals surface area contributed by atoms with Gasteiger partial charge in [-0.25, -0.2) is 8.93 Å². The number of azide groups is 1. The highest BCUT2D eigenvalue weighted by Gasteiger charge is 2.37. The molecule has 1 N–H and O–H groups in total. The van der Waals surface area contributed by atoms with E-state index in [2.05, 4.69) is 53.6 Å². The Hall–Kier alpha value is -1.25. The quantitative estimate of drug-likeness (QED) is 0.248. The molecule has 0 bridgehead atoms. The number of hydrogen-bond acceptors (Lipinski definition) is 4. The lowest BCUT2D eigenvalue weighted by Crippen LogP contribution is -2.44. The molecule has 7 nitrogen and oxygen atoms in total. The van der Waals surface area contributed by atoms with Crippen LogP contribution < -0.4 is 4.72 Å². The minimum Gasteiger partial charge on any atom is -0.417 e. The van der Waals surface area contributed by atoms with Crippen LogP contribution in [0.15, 0.2) is 23.3 Å². The van der Waals surface area contributed by atoms with Gasteiger partial charge in [0.2, 0.25) is 0 Å². The lowest BCUT2D eigenvalue weighted by atomic mass is 10.1. The first-order valence-corrected chi connectivity index (χ1v) is 13.6. The molecular weight excluding hydrogens is 390 g/mol. The Morgan fingerprint density at radius 1 is 1.29 bits per heavy atom. The van der Waals surface area contributed by atoms with Gasteiger partial charge in [0.15, 0.2) is 8.32 Å². The molecule has 1 rings (SSSR count). The first-order valence-electron chi connectivity index (χ1n) is 9.59. The lowest BCUT2D eigenvalue weighted by molar-refractivity contribution is 0.268. The highest BCUT2D eigenvalue weighted by atomic mass is 32.2. The van der Waals surface area contributed by atoms with Gasteiger partial charge >= 0.3 is 0 Å². The van der Waals surface area contributed by atoms with Gasteiger partial charge in [0.1, 0.15) is 5.82 Å². The molecule has 2 atom stereocenters. The molecule has 1 aromatic heterocycles. The van der Waals surface area contributed by atoms with Gasteiger partial charge in [-0.15, -0.1) is 0 Å². The largest absolute Gasteiger partial charge is 0.417 e. The van der Waals surface area contributed by atoms with Crippen molar-refractivity contribution >= 4 is 25.1 Å². The Bertz CT molecular complexity index is 722. The van der Waals surface area contributed by atoms with Gasteiger partial charge in [0, 0.05) is 29.7 Å². The molecule has 0 aromatic carbocycles. The normalized spacial score (nSPS) is 15.0. The van der Waals surface area contributed by atoms with Crippen molar-refractivity contribution in [1.82, 2.24) is 9.71 Å². The van der Waals surface area contributed by atoms with Crippen molar-refractivity contribution in [2.75, 3.05) is 6.61 Å². The Morgan fingerprint density at radius 2 is 1.93 bits per heavy atom.